The van der Waals surface area contributed by atoms with Crippen molar-refractivity contribution in [1.82, 2.24) is 20.2 Å². The maximum Gasteiger partial charge on any atom is 0.352 e. The molecule has 5 heterocycles. The summed E-state index contributed by atoms with van der Waals surface area (Å²) in [7, 11) is 0. The first-order valence-corrected chi connectivity index (χ1v) is 14.5. The lowest BCUT2D eigenvalue weighted by Crippen LogP contribution is -2.71. The molecule has 1 unspecified atom stereocenters. The lowest BCUT2D eigenvalue weighted by Gasteiger charge is -2.49. The van der Waals surface area contributed by atoms with Crippen molar-refractivity contribution < 1.29 is 34.2 Å². The van der Waals surface area contributed by atoms with Gasteiger partial charge in [0.25, 0.3) is 11.8 Å². The molecule has 2 aliphatic heterocycles. The number of carboxylic acid groups (broad SMARTS) is 2. The van der Waals surface area contributed by atoms with E-state index in [2.05, 4.69) is 20.4 Å². The number of hydrogen-bond acceptors (Lipinski definition) is 12. The summed E-state index contributed by atoms with van der Waals surface area (Å²) in [5, 5.41) is 29.5. The monoisotopic (exact) mass is 602 g/mol. The Kier molecular flexibility index (Phi) is 7.24. The minimum absolute atomic E-state index is 0.0336. The van der Waals surface area contributed by atoms with Crippen molar-refractivity contribution in [3.8, 4) is 0 Å². The van der Waals surface area contributed by atoms with Crippen molar-refractivity contribution in [2.45, 2.75) is 37.3 Å². The summed E-state index contributed by atoms with van der Waals surface area (Å²) in [4.78, 5) is 65.7. The molecule has 1 saturated heterocycles. The van der Waals surface area contributed by atoms with E-state index in [1.54, 1.807) is 6.20 Å². The standard InChI is InChI=1S/C24H22N6O7S3/c1-24(2,22(35)36)37-29-15(12-9-40-23(25)27-12)18(31)28-16-19(32)30-17(21(33)34)11(8-39-20(16)30)6-13-14-10(7-38-13)4-3-5-26-14/h3-5,7,9,16,20H,6,8H2,1-2H3,(H2,25,27)(H,28,31)(H,33,34)(H,35,36)/b29-15-/t16?,20-/m1/s1. The number of fused-ring (bicyclic) bond motifs is 2. The van der Waals surface area contributed by atoms with Crippen LogP contribution in [0.1, 0.15) is 24.4 Å². The highest BCUT2D eigenvalue weighted by Crippen LogP contribution is 2.42. The highest BCUT2D eigenvalue weighted by Gasteiger charge is 2.54. The summed E-state index contributed by atoms with van der Waals surface area (Å²) < 4.78 is 0. The van der Waals surface area contributed by atoms with Gasteiger partial charge in [0.2, 0.25) is 5.60 Å². The molecule has 3 aromatic rings. The van der Waals surface area contributed by atoms with Gasteiger partial charge in [0.15, 0.2) is 10.8 Å². The third kappa shape index (κ3) is 5.00. The van der Waals surface area contributed by atoms with Crippen LogP contribution in [0.25, 0.3) is 10.9 Å². The van der Waals surface area contributed by atoms with Crippen LogP contribution in [0.2, 0.25) is 0 Å². The van der Waals surface area contributed by atoms with Gasteiger partial charge in [0.1, 0.15) is 22.8 Å². The van der Waals surface area contributed by atoms with Gasteiger partial charge in [-0.1, -0.05) is 11.2 Å². The number of carbonyl (C=O) groups is 4. The van der Waals surface area contributed by atoms with Crippen LogP contribution in [0.5, 0.6) is 0 Å². The maximum atomic E-state index is 13.2. The molecule has 1 fully saturated rings. The molecule has 0 radical (unpaired) electrons. The Bertz CT molecular complexity index is 1610. The Morgan fingerprint density at radius 1 is 1.27 bits per heavy atom. The Morgan fingerprint density at radius 2 is 2.05 bits per heavy atom. The fourth-order valence-corrected chi connectivity index (χ4v) is 6.98. The molecule has 13 nitrogen and oxygen atoms in total. The predicted octanol–water partition coefficient (Wildman–Crippen LogP) is 1.90. The van der Waals surface area contributed by atoms with Crippen LogP contribution in [0, 0.1) is 0 Å². The van der Waals surface area contributed by atoms with Crippen LogP contribution in [0.4, 0.5) is 5.13 Å². The highest BCUT2D eigenvalue weighted by molar-refractivity contribution is 8.00. The number of rotatable bonds is 9. The molecular weight excluding hydrogens is 581 g/mol. The van der Waals surface area contributed by atoms with Gasteiger partial charge in [0, 0.05) is 39.4 Å². The first-order chi connectivity index (χ1) is 19.0. The molecular formula is C24H22N6O7S3. The van der Waals surface area contributed by atoms with Crippen LogP contribution in [0.3, 0.4) is 0 Å². The third-order valence-electron chi connectivity index (χ3n) is 6.20. The Hall–Kier alpha value is -4.02. The second kappa shape index (κ2) is 10.5. The van der Waals surface area contributed by atoms with Gasteiger partial charge in [-0.15, -0.1) is 34.4 Å². The molecule has 5 rings (SSSR count). The minimum atomic E-state index is -1.75. The Balaban J connectivity index is 1.37. The number of carboxylic acids is 2. The second-order valence-corrected chi connectivity index (χ2v) is 12.3. The number of aliphatic carboxylic acids is 2. The quantitative estimate of drug-likeness (QED) is 0.158. The molecule has 40 heavy (non-hydrogen) atoms. The number of thiophene rings is 1. The van der Waals surface area contributed by atoms with Crippen LogP contribution in [-0.4, -0.2) is 77.3 Å². The second-order valence-electron chi connectivity index (χ2n) is 9.31. The lowest BCUT2D eigenvalue weighted by atomic mass is 10.0. The fraction of sp³-hybridized carbons (Fsp3) is 0.292. The van der Waals surface area contributed by atoms with Crippen LogP contribution in [-0.2, 0) is 30.4 Å². The summed E-state index contributed by atoms with van der Waals surface area (Å²) in [5.74, 6) is -3.68. The van der Waals surface area contributed by atoms with E-state index in [1.807, 2.05) is 17.5 Å². The van der Waals surface area contributed by atoms with Crippen molar-refractivity contribution in [3.05, 3.63) is 50.9 Å². The molecule has 0 bridgehead atoms. The van der Waals surface area contributed by atoms with Crippen molar-refractivity contribution in [2.24, 2.45) is 5.16 Å². The number of carbonyl (C=O) groups excluding carboxylic acids is 2. The summed E-state index contributed by atoms with van der Waals surface area (Å²) in [5.41, 5.74) is 4.85. The van der Waals surface area contributed by atoms with Crippen LogP contribution < -0.4 is 11.1 Å². The highest BCUT2D eigenvalue weighted by atomic mass is 32.2. The smallest absolute Gasteiger partial charge is 0.352 e. The van der Waals surface area contributed by atoms with E-state index < -0.39 is 40.8 Å². The van der Waals surface area contributed by atoms with E-state index in [0.717, 1.165) is 27.1 Å². The lowest BCUT2D eigenvalue weighted by molar-refractivity contribution is -0.161. The average molecular weight is 603 g/mol. The summed E-state index contributed by atoms with van der Waals surface area (Å²) >= 11 is 3.84. The van der Waals surface area contributed by atoms with E-state index in [-0.39, 0.29) is 22.2 Å². The van der Waals surface area contributed by atoms with Gasteiger partial charge < -0.3 is 26.1 Å². The van der Waals surface area contributed by atoms with E-state index in [0.29, 0.717) is 17.7 Å². The number of nitrogens with zero attached hydrogens (tertiary/aromatic N) is 4. The zero-order valence-corrected chi connectivity index (χ0v) is 23.4. The van der Waals surface area contributed by atoms with Crippen molar-refractivity contribution in [1.29, 1.82) is 0 Å². The van der Waals surface area contributed by atoms with Crippen molar-refractivity contribution in [3.63, 3.8) is 0 Å². The molecule has 0 aliphatic carbocycles. The van der Waals surface area contributed by atoms with Gasteiger partial charge in [-0.25, -0.2) is 14.6 Å². The topological polar surface area (TPSA) is 197 Å². The number of oxime groups is 1. The minimum Gasteiger partial charge on any atom is -0.478 e. The van der Waals surface area contributed by atoms with E-state index in [1.165, 1.54) is 47.2 Å². The van der Waals surface area contributed by atoms with E-state index >= 15 is 0 Å². The number of β-lactam (4-membered cyclic amide) rings is 1. The number of thioether (sulfide) groups is 1. The Labute approximate surface area is 238 Å². The van der Waals surface area contributed by atoms with E-state index in [4.69, 9.17) is 10.6 Å². The van der Waals surface area contributed by atoms with Crippen LogP contribution in [0.15, 0.2) is 45.5 Å². The molecule has 0 aromatic carbocycles. The predicted molar refractivity (Wildman–Crippen MR) is 149 cm³/mol. The summed E-state index contributed by atoms with van der Waals surface area (Å²) in [6.07, 6.45) is 2.00. The maximum absolute atomic E-state index is 13.2. The van der Waals surface area contributed by atoms with Gasteiger partial charge >= 0.3 is 11.9 Å². The molecule has 2 atom stereocenters. The largest absolute Gasteiger partial charge is 0.478 e. The summed E-state index contributed by atoms with van der Waals surface area (Å²) in [6.45, 7) is 2.50. The normalized spacial score (nSPS) is 19.3. The zero-order chi connectivity index (χ0) is 28.8. The Morgan fingerprint density at radius 3 is 2.73 bits per heavy atom. The first kappa shape index (κ1) is 27.5. The molecule has 16 heteroatoms. The molecule has 5 N–H and O–H groups in total. The van der Waals surface area contributed by atoms with Crippen molar-refractivity contribution >= 4 is 79.9 Å². The number of hydrogen-bond donors (Lipinski definition) is 4. The zero-order valence-electron chi connectivity index (χ0n) is 21.0. The number of nitrogens with one attached hydrogen (secondary N) is 1. The van der Waals surface area contributed by atoms with Crippen molar-refractivity contribution in [2.75, 3.05) is 11.5 Å². The SMILES string of the molecule is CC(C)(O/N=C(\C(=O)NC1C(=O)N2C(C(=O)O)=C(Cc3scc4cccnc34)CS[C@H]12)c1csc(N)n1)C(=O)O. The molecule has 3 aromatic heterocycles. The molecule has 0 spiro atoms. The number of nitrogen functional groups attached to an aromatic ring is 1. The number of amides is 2. The third-order valence-corrected chi connectivity index (χ3v) is 9.21. The molecule has 2 aliphatic rings. The van der Waals surface area contributed by atoms with Gasteiger partial charge in [-0.3, -0.25) is 19.5 Å². The summed E-state index contributed by atoms with van der Waals surface area (Å²) in [6, 6.07) is 2.71. The van der Waals surface area contributed by atoms with Gasteiger partial charge in [0.05, 0.1) is 5.52 Å². The van der Waals surface area contributed by atoms with Crippen LogP contribution >= 0.6 is 34.4 Å². The first-order valence-electron chi connectivity index (χ1n) is 11.7. The van der Waals surface area contributed by atoms with Gasteiger partial charge in [-0.05, 0) is 25.5 Å². The number of thiazole rings is 1. The van der Waals surface area contributed by atoms with Gasteiger partial charge in [-0.2, -0.15) is 0 Å². The van der Waals surface area contributed by atoms with E-state index in [9.17, 15) is 29.4 Å². The molecule has 208 valence electrons. The molecule has 2 amide bonds. The number of pyridine rings is 1. The fourth-order valence-electron chi connectivity index (χ4n) is 4.08. The average Bonchev–Trinajstić information content (AvgIpc) is 3.53. The number of anilines is 1. The number of nitrogens with two attached hydrogens (primary N) is 1. The molecule has 0 saturated carbocycles. The number of aromatic nitrogens is 2.